The minimum absolute atomic E-state index is 0.0270. The van der Waals surface area contributed by atoms with Crippen molar-refractivity contribution in [3.63, 3.8) is 0 Å². The number of nitrogens with one attached hydrogen (secondary N) is 2. The molecule has 0 unspecified atom stereocenters. The van der Waals surface area contributed by atoms with Gasteiger partial charge in [0.05, 0.1) is 6.54 Å². The fourth-order valence-corrected chi connectivity index (χ4v) is 1.52. The molecular weight excluding hydrogens is 276 g/mol. The summed E-state index contributed by atoms with van der Waals surface area (Å²) in [7, 11) is 3.10. The van der Waals surface area contributed by atoms with Crippen LogP contribution < -0.4 is 10.6 Å². The molecule has 0 atom stereocenters. The molecule has 1 aliphatic heterocycles. The van der Waals surface area contributed by atoms with Crippen LogP contribution in [0.25, 0.3) is 0 Å². The Morgan fingerprint density at radius 1 is 1.33 bits per heavy atom. The van der Waals surface area contributed by atoms with Crippen molar-refractivity contribution in [2.45, 2.75) is 13.8 Å². The molecule has 0 aromatic heterocycles. The van der Waals surface area contributed by atoms with Crippen molar-refractivity contribution in [1.82, 2.24) is 20.4 Å². The Hall–Kier alpha value is -2.45. The van der Waals surface area contributed by atoms with Crippen LogP contribution in [0.1, 0.15) is 13.8 Å². The fraction of sp³-hybridized carbons (Fsp3) is 0.583. The third kappa shape index (κ3) is 4.55. The molecule has 116 valence electrons. The predicted octanol–water partition coefficient (Wildman–Crippen LogP) is -0.354. The van der Waals surface area contributed by atoms with E-state index in [0.29, 0.717) is 13.1 Å². The van der Waals surface area contributed by atoms with Crippen molar-refractivity contribution >= 4 is 29.6 Å². The Bertz CT molecular complexity index is 493. The Morgan fingerprint density at radius 2 is 1.95 bits per heavy atom. The van der Waals surface area contributed by atoms with Gasteiger partial charge in [-0.2, -0.15) is 4.99 Å². The fourth-order valence-electron chi connectivity index (χ4n) is 1.52. The van der Waals surface area contributed by atoms with E-state index >= 15 is 0 Å². The smallest absolute Gasteiger partial charge is 0.329 e. The quantitative estimate of drug-likeness (QED) is 0.727. The van der Waals surface area contributed by atoms with Crippen LogP contribution in [0, 0.1) is 0 Å². The van der Waals surface area contributed by atoms with E-state index in [0.717, 1.165) is 0 Å². The average Bonchev–Trinajstić information content (AvgIpc) is 2.43. The summed E-state index contributed by atoms with van der Waals surface area (Å²) >= 11 is 0. The summed E-state index contributed by atoms with van der Waals surface area (Å²) in [6, 6.07) is -0.880. The van der Waals surface area contributed by atoms with Crippen molar-refractivity contribution in [3.8, 4) is 0 Å². The standard InChI is InChI=1S/C12H20N6O3/c1-5-18(6-2)12(21)16-9-10(19)14-8(7-13-9)15-11(20)17(3)4/h5-7H2,1-4H3,(H,13,16,21)(H,14,15,19,20). The van der Waals surface area contributed by atoms with Crippen LogP contribution in [0.2, 0.25) is 0 Å². The topological polar surface area (TPSA) is 106 Å². The highest BCUT2D eigenvalue weighted by molar-refractivity contribution is 6.44. The summed E-state index contributed by atoms with van der Waals surface area (Å²) in [5.41, 5.74) is 0. The zero-order chi connectivity index (χ0) is 16.0. The molecule has 0 bridgehead atoms. The molecule has 21 heavy (non-hydrogen) atoms. The molecule has 0 aromatic rings. The lowest BCUT2D eigenvalue weighted by atomic mass is 10.4. The molecule has 1 rings (SSSR count). The largest absolute Gasteiger partial charge is 0.344 e. The Labute approximate surface area is 123 Å². The average molecular weight is 296 g/mol. The first-order valence-electron chi connectivity index (χ1n) is 6.59. The van der Waals surface area contributed by atoms with Crippen LogP contribution in [0.15, 0.2) is 9.98 Å². The highest BCUT2D eigenvalue weighted by Gasteiger charge is 2.23. The molecule has 0 aliphatic carbocycles. The zero-order valence-electron chi connectivity index (χ0n) is 12.6. The number of carbonyl (C=O) groups is 3. The Kier molecular flexibility index (Phi) is 5.82. The Morgan fingerprint density at radius 3 is 2.43 bits per heavy atom. The number of amidine groups is 2. The minimum Gasteiger partial charge on any atom is -0.329 e. The van der Waals surface area contributed by atoms with Crippen molar-refractivity contribution < 1.29 is 14.4 Å². The lowest BCUT2D eigenvalue weighted by Gasteiger charge is -2.21. The molecule has 9 heteroatoms. The van der Waals surface area contributed by atoms with E-state index in [1.54, 1.807) is 14.1 Å². The van der Waals surface area contributed by atoms with Gasteiger partial charge >= 0.3 is 12.1 Å². The number of aliphatic imine (C=N–C) groups is 2. The third-order valence-corrected chi connectivity index (χ3v) is 2.75. The second-order valence-corrected chi connectivity index (χ2v) is 4.46. The van der Waals surface area contributed by atoms with E-state index in [2.05, 4.69) is 20.6 Å². The summed E-state index contributed by atoms with van der Waals surface area (Å²) in [5, 5.41) is 4.87. The van der Waals surface area contributed by atoms with Gasteiger partial charge in [-0.05, 0) is 13.8 Å². The van der Waals surface area contributed by atoms with Gasteiger partial charge in [0.15, 0.2) is 5.84 Å². The van der Waals surface area contributed by atoms with Gasteiger partial charge in [0.1, 0.15) is 5.84 Å². The first-order chi connectivity index (χ1) is 9.88. The molecule has 9 nitrogen and oxygen atoms in total. The van der Waals surface area contributed by atoms with Gasteiger partial charge in [-0.25, -0.2) is 9.59 Å². The zero-order valence-corrected chi connectivity index (χ0v) is 12.6. The maximum absolute atomic E-state index is 11.8. The van der Waals surface area contributed by atoms with Crippen LogP contribution >= 0.6 is 0 Å². The van der Waals surface area contributed by atoms with Crippen LogP contribution in [0.5, 0.6) is 0 Å². The molecule has 0 saturated heterocycles. The third-order valence-electron chi connectivity index (χ3n) is 2.75. The molecule has 2 N–H and O–H groups in total. The van der Waals surface area contributed by atoms with Gasteiger partial charge in [0.25, 0.3) is 5.91 Å². The Balaban J connectivity index is 2.73. The highest BCUT2D eigenvalue weighted by Crippen LogP contribution is 1.94. The maximum atomic E-state index is 11.8. The number of urea groups is 2. The van der Waals surface area contributed by atoms with E-state index in [4.69, 9.17) is 0 Å². The van der Waals surface area contributed by atoms with Crippen LogP contribution in [0.4, 0.5) is 9.59 Å². The van der Waals surface area contributed by atoms with Crippen LogP contribution in [0.3, 0.4) is 0 Å². The molecular formula is C12H20N6O3. The molecule has 1 aliphatic rings. The summed E-state index contributed by atoms with van der Waals surface area (Å²) in [4.78, 5) is 45.5. The maximum Gasteiger partial charge on any atom is 0.344 e. The van der Waals surface area contributed by atoms with Gasteiger partial charge in [-0.1, -0.05) is 0 Å². The molecule has 0 radical (unpaired) electrons. The van der Waals surface area contributed by atoms with E-state index in [-0.39, 0.29) is 18.2 Å². The second kappa shape index (κ2) is 7.36. The summed E-state index contributed by atoms with van der Waals surface area (Å²) < 4.78 is 0. The lowest BCUT2D eigenvalue weighted by molar-refractivity contribution is -0.113. The van der Waals surface area contributed by atoms with Crippen LogP contribution in [-0.4, -0.2) is 73.2 Å². The summed E-state index contributed by atoms with van der Waals surface area (Å²) in [5.74, 6) is -0.519. The number of amides is 5. The van der Waals surface area contributed by atoms with Gasteiger partial charge in [-0.3, -0.25) is 15.1 Å². The van der Waals surface area contributed by atoms with Gasteiger partial charge in [0.2, 0.25) is 0 Å². The molecule has 0 aromatic carbocycles. The van der Waals surface area contributed by atoms with Gasteiger partial charge in [-0.15, -0.1) is 0 Å². The van der Waals surface area contributed by atoms with E-state index in [1.165, 1.54) is 9.80 Å². The van der Waals surface area contributed by atoms with Crippen molar-refractivity contribution in [2.24, 2.45) is 9.98 Å². The number of hydrogen-bond donors (Lipinski definition) is 2. The van der Waals surface area contributed by atoms with Crippen molar-refractivity contribution in [2.75, 3.05) is 33.7 Å². The summed E-state index contributed by atoms with van der Waals surface area (Å²) in [6.45, 7) is 4.76. The van der Waals surface area contributed by atoms with Gasteiger partial charge in [0, 0.05) is 27.2 Å². The predicted molar refractivity (Wildman–Crippen MR) is 78.4 cm³/mol. The summed E-state index contributed by atoms with van der Waals surface area (Å²) in [6.07, 6.45) is 0. The molecule has 0 spiro atoms. The monoisotopic (exact) mass is 296 g/mol. The van der Waals surface area contributed by atoms with Crippen LogP contribution in [-0.2, 0) is 4.79 Å². The molecule has 5 amide bonds. The second-order valence-electron chi connectivity index (χ2n) is 4.46. The number of hydrogen-bond acceptors (Lipinski definition) is 4. The highest BCUT2D eigenvalue weighted by atomic mass is 16.2. The normalized spacial score (nSPS) is 16.1. The SMILES string of the molecule is CCN(CC)C(=O)NC1=NCC(=NC(=O)N(C)C)NC1=O. The first-order valence-corrected chi connectivity index (χ1v) is 6.59. The van der Waals surface area contributed by atoms with Crippen molar-refractivity contribution in [3.05, 3.63) is 0 Å². The van der Waals surface area contributed by atoms with Gasteiger partial charge < -0.3 is 15.1 Å². The lowest BCUT2D eigenvalue weighted by Crippen LogP contribution is -2.52. The van der Waals surface area contributed by atoms with E-state index < -0.39 is 18.0 Å². The number of rotatable bonds is 2. The molecule has 0 fully saturated rings. The minimum atomic E-state index is -0.591. The molecule has 0 saturated carbocycles. The van der Waals surface area contributed by atoms with Crippen molar-refractivity contribution in [1.29, 1.82) is 0 Å². The van der Waals surface area contributed by atoms with E-state index in [9.17, 15) is 14.4 Å². The first kappa shape index (κ1) is 16.6. The number of carbonyl (C=O) groups excluding carboxylic acids is 3. The van der Waals surface area contributed by atoms with E-state index in [1.807, 2.05) is 13.8 Å². The number of nitrogens with zero attached hydrogens (tertiary/aromatic N) is 4. The molecule has 1 heterocycles.